The molecule has 1 fully saturated rings. The molecule has 0 spiro atoms. The predicted octanol–water partition coefficient (Wildman–Crippen LogP) is 3.23. The Bertz CT molecular complexity index is 782. The first kappa shape index (κ1) is 20.4. The summed E-state index contributed by atoms with van der Waals surface area (Å²) < 4.78 is 5.50. The normalized spacial score (nSPS) is 15.0. The summed E-state index contributed by atoms with van der Waals surface area (Å²) in [6.45, 7) is 12.8. The highest BCUT2D eigenvalue weighted by Crippen LogP contribution is 2.22. The van der Waals surface area contributed by atoms with Gasteiger partial charge in [0.05, 0.1) is 5.75 Å². The third-order valence-corrected chi connectivity index (χ3v) is 5.34. The Morgan fingerprint density at radius 1 is 1.25 bits per heavy atom. The molecule has 0 radical (unpaired) electrons. The molecule has 8 heteroatoms. The summed E-state index contributed by atoms with van der Waals surface area (Å²) in [6, 6.07) is 7.99. The SMILES string of the molecule is C=CCN1CCN(c2ccc(NC(=O)CSc3nnc(C(C)C)o3)cc2)CC1. The van der Waals surface area contributed by atoms with E-state index < -0.39 is 0 Å². The van der Waals surface area contributed by atoms with Crippen LogP contribution in [-0.2, 0) is 4.79 Å². The van der Waals surface area contributed by atoms with Gasteiger partial charge in [-0.3, -0.25) is 9.69 Å². The second kappa shape index (κ2) is 9.75. The van der Waals surface area contributed by atoms with Crippen molar-refractivity contribution in [3.63, 3.8) is 0 Å². The van der Waals surface area contributed by atoms with Gasteiger partial charge in [0.2, 0.25) is 11.8 Å². The Hall–Kier alpha value is -2.32. The van der Waals surface area contributed by atoms with Crippen LogP contribution in [0.3, 0.4) is 0 Å². The largest absolute Gasteiger partial charge is 0.416 e. The van der Waals surface area contributed by atoms with Gasteiger partial charge in [0, 0.05) is 50.0 Å². The second-order valence-corrected chi connectivity index (χ2v) is 7.95. The van der Waals surface area contributed by atoms with Crippen LogP contribution in [0.2, 0.25) is 0 Å². The van der Waals surface area contributed by atoms with E-state index in [1.54, 1.807) is 0 Å². The van der Waals surface area contributed by atoms with E-state index in [1.807, 2.05) is 32.1 Å². The molecule has 0 bridgehead atoms. The fourth-order valence-corrected chi connectivity index (χ4v) is 3.53. The zero-order valence-corrected chi connectivity index (χ0v) is 17.2. The summed E-state index contributed by atoms with van der Waals surface area (Å²) in [5, 5.41) is 11.2. The average molecular weight is 402 g/mol. The molecule has 1 aromatic heterocycles. The maximum atomic E-state index is 12.2. The quantitative estimate of drug-likeness (QED) is 0.538. The van der Waals surface area contributed by atoms with Gasteiger partial charge in [-0.05, 0) is 24.3 Å². The first-order valence-corrected chi connectivity index (χ1v) is 10.5. The van der Waals surface area contributed by atoms with E-state index in [2.05, 4.69) is 44.0 Å². The molecule has 2 heterocycles. The number of aromatic nitrogens is 2. The second-order valence-electron chi connectivity index (χ2n) is 7.02. The van der Waals surface area contributed by atoms with Crippen molar-refractivity contribution in [1.82, 2.24) is 15.1 Å². The Labute approximate surface area is 170 Å². The fourth-order valence-electron chi connectivity index (χ4n) is 2.96. The van der Waals surface area contributed by atoms with Gasteiger partial charge in [0.25, 0.3) is 5.22 Å². The molecule has 0 saturated carbocycles. The van der Waals surface area contributed by atoms with Crippen LogP contribution in [0.5, 0.6) is 0 Å². The molecular weight excluding hydrogens is 374 g/mol. The molecule has 1 saturated heterocycles. The molecule has 1 N–H and O–H groups in total. The highest BCUT2D eigenvalue weighted by Gasteiger charge is 2.16. The molecule has 0 atom stereocenters. The zero-order valence-electron chi connectivity index (χ0n) is 16.4. The standard InChI is InChI=1S/C20H27N5O2S/c1-4-9-24-10-12-25(13-11-24)17-7-5-16(6-8-17)21-18(26)14-28-20-23-22-19(27-20)15(2)3/h4-8,15H,1,9-14H2,2-3H3,(H,21,26). The first-order chi connectivity index (χ1) is 13.5. The van der Waals surface area contributed by atoms with Crippen molar-refractivity contribution in [3.05, 3.63) is 42.8 Å². The number of nitrogens with zero attached hydrogens (tertiary/aromatic N) is 4. The zero-order chi connectivity index (χ0) is 19.9. The van der Waals surface area contributed by atoms with Gasteiger partial charge in [-0.1, -0.05) is 31.7 Å². The third-order valence-electron chi connectivity index (χ3n) is 4.52. The van der Waals surface area contributed by atoms with Crippen LogP contribution in [0.4, 0.5) is 11.4 Å². The minimum absolute atomic E-state index is 0.0971. The number of nitrogens with one attached hydrogen (secondary N) is 1. The third kappa shape index (κ3) is 5.59. The van der Waals surface area contributed by atoms with Crippen LogP contribution in [0.1, 0.15) is 25.7 Å². The molecule has 28 heavy (non-hydrogen) atoms. The summed E-state index contributed by atoms with van der Waals surface area (Å²) in [7, 11) is 0. The van der Waals surface area contributed by atoms with Crippen LogP contribution in [0, 0.1) is 0 Å². The summed E-state index contributed by atoms with van der Waals surface area (Å²) in [6.07, 6.45) is 1.95. The Morgan fingerprint density at radius 3 is 2.57 bits per heavy atom. The summed E-state index contributed by atoms with van der Waals surface area (Å²) in [5.74, 6) is 0.898. The van der Waals surface area contributed by atoms with Gasteiger partial charge >= 0.3 is 0 Å². The molecule has 0 aliphatic carbocycles. The monoisotopic (exact) mass is 401 g/mol. The molecule has 1 aliphatic rings. The van der Waals surface area contributed by atoms with Crippen molar-refractivity contribution < 1.29 is 9.21 Å². The van der Waals surface area contributed by atoms with Crippen LogP contribution in [0.15, 0.2) is 46.6 Å². The van der Waals surface area contributed by atoms with E-state index in [0.717, 1.165) is 38.4 Å². The molecule has 1 amide bonds. The van der Waals surface area contributed by atoms with Gasteiger partial charge in [-0.2, -0.15) is 0 Å². The lowest BCUT2D eigenvalue weighted by Gasteiger charge is -2.35. The maximum Gasteiger partial charge on any atom is 0.277 e. The highest BCUT2D eigenvalue weighted by molar-refractivity contribution is 7.99. The van der Waals surface area contributed by atoms with Crippen molar-refractivity contribution in [2.75, 3.05) is 48.7 Å². The maximum absolute atomic E-state index is 12.2. The number of piperazine rings is 1. The fraction of sp³-hybridized carbons (Fsp3) is 0.450. The van der Waals surface area contributed by atoms with E-state index in [0.29, 0.717) is 11.1 Å². The molecule has 2 aromatic rings. The van der Waals surface area contributed by atoms with Crippen LogP contribution in [0.25, 0.3) is 0 Å². The number of thioether (sulfide) groups is 1. The highest BCUT2D eigenvalue weighted by atomic mass is 32.2. The number of anilines is 2. The first-order valence-electron chi connectivity index (χ1n) is 9.49. The van der Waals surface area contributed by atoms with E-state index in [1.165, 1.54) is 17.4 Å². The van der Waals surface area contributed by atoms with Crippen molar-refractivity contribution in [2.45, 2.75) is 25.0 Å². The molecule has 1 aliphatic heterocycles. The molecule has 0 unspecified atom stereocenters. The van der Waals surface area contributed by atoms with E-state index >= 15 is 0 Å². The number of hydrogen-bond acceptors (Lipinski definition) is 7. The van der Waals surface area contributed by atoms with E-state index in [-0.39, 0.29) is 17.6 Å². The molecule has 3 rings (SSSR count). The van der Waals surface area contributed by atoms with Gasteiger partial charge in [0.1, 0.15) is 0 Å². The van der Waals surface area contributed by atoms with Crippen molar-refractivity contribution in [1.29, 1.82) is 0 Å². The van der Waals surface area contributed by atoms with E-state index in [9.17, 15) is 4.79 Å². The summed E-state index contributed by atoms with van der Waals surface area (Å²) >= 11 is 1.24. The van der Waals surface area contributed by atoms with Gasteiger partial charge in [0.15, 0.2) is 0 Å². The lowest BCUT2D eigenvalue weighted by atomic mass is 10.2. The lowest BCUT2D eigenvalue weighted by molar-refractivity contribution is -0.113. The van der Waals surface area contributed by atoms with Crippen LogP contribution >= 0.6 is 11.8 Å². The minimum atomic E-state index is -0.0971. The number of carbonyl (C=O) groups is 1. The Morgan fingerprint density at radius 2 is 1.96 bits per heavy atom. The topological polar surface area (TPSA) is 74.5 Å². The lowest BCUT2D eigenvalue weighted by Crippen LogP contribution is -2.46. The Kier molecular flexibility index (Phi) is 7.11. The van der Waals surface area contributed by atoms with Gasteiger partial charge < -0.3 is 14.6 Å². The van der Waals surface area contributed by atoms with Crippen LogP contribution < -0.4 is 10.2 Å². The minimum Gasteiger partial charge on any atom is -0.416 e. The summed E-state index contributed by atoms with van der Waals surface area (Å²) in [4.78, 5) is 16.9. The molecule has 7 nitrogen and oxygen atoms in total. The number of hydrogen-bond donors (Lipinski definition) is 1. The molecular formula is C20H27N5O2S. The van der Waals surface area contributed by atoms with Crippen molar-refractivity contribution in [3.8, 4) is 0 Å². The predicted molar refractivity (Wildman–Crippen MR) is 113 cm³/mol. The van der Waals surface area contributed by atoms with Gasteiger partial charge in [-0.15, -0.1) is 16.8 Å². The smallest absolute Gasteiger partial charge is 0.277 e. The van der Waals surface area contributed by atoms with E-state index in [4.69, 9.17) is 4.42 Å². The van der Waals surface area contributed by atoms with Crippen LogP contribution in [-0.4, -0.2) is 59.5 Å². The number of benzene rings is 1. The molecule has 1 aromatic carbocycles. The Balaban J connectivity index is 1.45. The van der Waals surface area contributed by atoms with Crippen molar-refractivity contribution in [2.24, 2.45) is 0 Å². The number of amides is 1. The van der Waals surface area contributed by atoms with Gasteiger partial charge in [-0.25, -0.2) is 0 Å². The summed E-state index contributed by atoms with van der Waals surface area (Å²) in [5.41, 5.74) is 1.96. The van der Waals surface area contributed by atoms with Crippen molar-refractivity contribution >= 4 is 29.0 Å². The molecule has 150 valence electrons. The number of rotatable bonds is 8. The number of carbonyl (C=O) groups excluding carboxylic acids is 1. The average Bonchev–Trinajstić information content (AvgIpc) is 3.17.